The highest BCUT2D eigenvalue weighted by molar-refractivity contribution is 5.82. The lowest BCUT2D eigenvalue weighted by molar-refractivity contribution is 1.17. The average molecular weight is 285 g/mol. The van der Waals surface area contributed by atoms with Gasteiger partial charge in [-0.2, -0.15) is 0 Å². The smallest absolute Gasteiger partial charge is 0.104 e. The number of benzene rings is 2. The van der Waals surface area contributed by atoms with Gasteiger partial charge < -0.3 is 4.98 Å². The number of H-pyrrole nitrogens is 1. The van der Waals surface area contributed by atoms with Crippen molar-refractivity contribution in [3.05, 3.63) is 72.8 Å². The number of aryl methyl sites for hydroxylation is 1. The normalized spacial score (nSPS) is 11.0. The molecule has 0 bridgehead atoms. The van der Waals surface area contributed by atoms with E-state index < -0.39 is 0 Å². The molecule has 22 heavy (non-hydrogen) atoms. The zero-order valence-electron chi connectivity index (χ0n) is 12.2. The van der Waals surface area contributed by atoms with Crippen LogP contribution in [0.3, 0.4) is 0 Å². The third kappa shape index (κ3) is 2.27. The first-order valence-corrected chi connectivity index (χ1v) is 7.27. The predicted octanol–water partition coefficient (Wildman–Crippen LogP) is 4.60. The molecule has 0 radical (unpaired) electrons. The van der Waals surface area contributed by atoms with E-state index in [1.807, 2.05) is 19.2 Å². The van der Waals surface area contributed by atoms with Crippen LogP contribution >= 0.6 is 0 Å². The Balaban J connectivity index is 1.72. The minimum Gasteiger partial charge on any atom is -0.342 e. The van der Waals surface area contributed by atoms with Gasteiger partial charge in [-0.1, -0.05) is 36.4 Å². The summed E-state index contributed by atoms with van der Waals surface area (Å²) in [5.41, 5.74) is 6.78. The quantitative estimate of drug-likeness (QED) is 0.584. The highest BCUT2D eigenvalue weighted by Gasteiger charge is 2.04. The van der Waals surface area contributed by atoms with Crippen LogP contribution in [-0.4, -0.2) is 15.0 Å². The maximum Gasteiger partial charge on any atom is 0.104 e. The summed E-state index contributed by atoms with van der Waals surface area (Å²) in [6, 6.07) is 18.9. The van der Waals surface area contributed by atoms with Gasteiger partial charge in [0.1, 0.15) is 5.82 Å². The summed E-state index contributed by atoms with van der Waals surface area (Å²) in [6.45, 7) is 1.97. The van der Waals surface area contributed by atoms with Gasteiger partial charge in [0.05, 0.1) is 11.0 Å². The van der Waals surface area contributed by atoms with E-state index in [-0.39, 0.29) is 0 Å². The fourth-order valence-electron chi connectivity index (χ4n) is 2.71. The maximum atomic E-state index is 4.44. The molecule has 3 heteroatoms. The molecule has 0 saturated carbocycles. The summed E-state index contributed by atoms with van der Waals surface area (Å²) in [4.78, 5) is 11.9. The number of aromatic nitrogens is 3. The molecule has 4 rings (SSSR count). The van der Waals surface area contributed by atoms with Crippen LogP contribution in [0, 0.1) is 6.92 Å². The molecule has 2 aromatic heterocycles. The summed E-state index contributed by atoms with van der Waals surface area (Å²) in [7, 11) is 0. The van der Waals surface area contributed by atoms with Crippen molar-refractivity contribution in [2.45, 2.75) is 6.92 Å². The van der Waals surface area contributed by atoms with E-state index in [0.717, 1.165) is 22.4 Å². The summed E-state index contributed by atoms with van der Waals surface area (Å²) in [5, 5.41) is 0. The molecule has 0 amide bonds. The Morgan fingerprint density at radius 2 is 1.55 bits per heavy atom. The molecule has 0 spiro atoms. The second-order valence-corrected chi connectivity index (χ2v) is 5.37. The number of nitrogens with one attached hydrogen (secondary N) is 1. The van der Waals surface area contributed by atoms with Crippen molar-refractivity contribution in [2.75, 3.05) is 0 Å². The molecule has 0 aliphatic heterocycles. The third-order valence-electron chi connectivity index (χ3n) is 3.81. The van der Waals surface area contributed by atoms with Crippen LogP contribution in [0.5, 0.6) is 0 Å². The Hall–Kier alpha value is -2.94. The molecule has 3 nitrogen and oxygen atoms in total. The first kappa shape index (κ1) is 12.8. The molecule has 0 unspecified atom stereocenters. The number of nitrogens with zero attached hydrogens (tertiary/aromatic N) is 2. The molecule has 0 aliphatic rings. The second-order valence-electron chi connectivity index (χ2n) is 5.37. The van der Waals surface area contributed by atoms with Crippen molar-refractivity contribution in [3.63, 3.8) is 0 Å². The van der Waals surface area contributed by atoms with E-state index in [1.54, 1.807) is 6.20 Å². The highest BCUT2D eigenvalue weighted by Crippen LogP contribution is 2.26. The van der Waals surface area contributed by atoms with Crippen molar-refractivity contribution in [1.29, 1.82) is 0 Å². The van der Waals surface area contributed by atoms with Crippen LogP contribution in [0.15, 0.2) is 67.0 Å². The van der Waals surface area contributed by atoms with E-state index in [9.17, 15) is 0 Å². The molecular formula is C19H15N3. The molecule has 2 aromatic carbocycles. The fourth-order valence-corrected chi connectivity index (χ4v) is 2.71. The van der Waals surface area contributed by atoms with Crippen molar-refractivity contribution in [2.24, 2.45) is 0 Å². The Labute approximate surface area is 128 Å². The molecule has 0 saturated heterocycles. The zero-order valence-corrected chi connectivity index (χ0v) is 12.2. The van der Waals surface area contributed by atoms with Crippen LogP contribution in [0.1, 0.15) is 5.82 Å². The Morgan fingerprint density at radius 1 is 0.818 bits per heavy atom. The highest BCUT2D eigenvalue weighted by atomic mass is 14.9. The fraction of sp³-hybridized carbons (Fsp3) is 0.0526. The second kappa shape index (κ2) is 5.11. The van der Waals surface area contributed by atoms with Crippen molar-refractivity contribution >= 4 is 11.0 Å². The van der Waals surface area contributed by atoms with Crippen LogP contribution in [0.4, 0.5) is 0 Å². The van der Waals surface area contributed by atoms with Gasteiger partial charge >= 0.3 is 0 Å². The zero-order chi connectivity index (χ0) is 14.9. The summed E-state index contributed by atoms with van der Waals surface area (Å²) < 4.78 is 0. The van der Waals surface area contributed by atoms with Gasteiger partial charge in [0.25, 0.3) is 0 Å². The number of imidazole rings is 1. The Morgan fingerprint density at radius 3 is 2.27 bits per heavy atom. The van der Waals surface area contributed by atoms with Gasteiger partial charge in [0.15, 0.2) is 0 Å². The molecule has 2 heterocycles. The third-order valence-corrected chi connectivity index (χ3v) is 3.81. The van der Waals surface area contributed by atoms with Crippen LogP contribution in [0.2, 0.25) is 0 Å². The standard InChI is InChI=1S/C19H15N3/c1-13-21-18-9-8-16(11-19(18)22-13)14-4-6-15(7-5-14)17-3-2-10-20-12-17/h2-12H,1H3,(H,21,22). The van der Waals surface area contributed by atoms with E-state index >= 15 is 0 Å². The van der Waals surface area contributed by atoms with Crippen LogP contribution < -0.4 is 0 Å². The molecule has 4 aromatic rings. The monoisotopic (exact) mass is 285 g/mol. The first-order valence-electron chi connectivity index (χ1n) is 7.27. The minimum atomic E-state index is 0.944. The predicted molar refractivity (Wildman–Crippen MR) is 89.5 cm³/mol. The van der Waals surface area contributed by atoms with E-state index in [1.165, 1.54) is 16.7 Å². The lowest BCUT2D eigenvalue weighted by Crippen LogP contribution is -1.81. The van der Waals surface area contributed by atoms with Gasteiger partial charge in [-0.3, -0.25) is 4.98 Å². The van der Waals surface area contributed by atoms with E-state index in [2.05, 4.69) is 63.5 Å². The number of hydrogen-bond acceptors (Lipinski definition) is 2. The number of aromatic amines is 1. The minimum absolute atomic E-state index is 0.944. The van der Waals surface area contributed by atoms with Gasteiger partial charge in [0.2, 0.25) is 0 Å². The van der Waals surface area contributed by atoms with Gasteiger partial charge in [-0.15, -0.1) is 0 Å². The lowest BCUT2D eigenvalue weighted by atomic mass is 10.0. The topological polar surface area (TPSA) is 41.6 Å². The molecule has 106 valence electrons. The summed E-state index contributed by atoms with van der Waals surface area (Å²) in [5.74, 6) is 0.944. The molecular weight excluding hydrogens is 270 g/mol. The van der Waals surface area contributed by atoms with Gasteiger partial charge in [0, 0.05) is 12.4 Å². The van der Waals surface area contributed by atoms with Crippen molar-refractivity contribution in [3.8, 4) is 22.3 Å². The maximum absolute atomic E-state index is 4.44. The number of rotatable bonds is 2. The largest absolute Gasteiger partial charge is 0.342 e. The van der Waals surface area contributed by atoms with Gasteiger partial charge in [-0.25, -0.2) is 4.98 Å². The molecule has 0 fully saturated rings. The van der Waals surface area contributed by atoms with E-state index in [0.29, 0.717) is 0 Å². The number of hydrogen-bond donors (Lipinski definition) is 1. The van der Waals surface area contributed by atoms with Crippen LogP contribution in [-0.2, 0) is 0 Å². The number of pyridine rings is 1. The van der Waals surface area contributed by atoms with Crippen molar-refractivity contribution in [1.82, 2.24) is 15.0 Å². The summed E-state index contributed by atoms with van der Waals surface area (Å²) >= 11 is 0. The van der Waals surface area contributed by atoms with Gasteiger partial charge in [-0.05, 0) is 47.4 Å². The van der Waals surface area contributed by atoms with E-state index in [4.69, 9.17) is 0 Å². The number of fused-ring (bicyclic) bond motifs is 1. The van der Waals surface area contributed by atoms with Crippen molar-refractivity contribution < 1.29 is 0 Å². The lowest BCUT2D eigenvalue weighted by Gasteiger charge is -2.05. The molecule has 0 atom stereocenters. The van der Waals surface area contributed by atoms with Crippen LogP contribution in [0.25, 0.3) is 33.3 Å². The molecule has 0 aliphatic carbocycles. The molecule has 1 N–H and O–H groups in total. The Bertz CT molecular complexity index is 922. The Kier molecular flexibility index (Phi) is 2.97. The SMILES string of the molecule is Cc1nc2ccc(-c3ccc(-c4cccnc4)cc3)cc2[nH]1. The first-order chi connectivity index (χ1) is 10.8. The summed E-state index contributed by atoms with van der Waals surface area (Å²) in [6.07, 6.45) is 3.67. The average Bonchev–Trinajstić information content (AvgIpc) is 2.95.